The third-order valence-electron chi connectivity index (χ3n) is 10.7. The monoisotopic (exact) mass is 496 g/mol. The topological polar surface area (TPSA) is 159 Å². The van der Waals surface area contributed by atoms with Crippen molar-refractivity contribution >= 4 is 5.78 Å². The van der Waals surface area contributed by atoms with Gasteiger partial charge in [0, 0.05) is 23.7 Å². The Kier molecular flexibility index (Phi) is 6.66. The van der Waals surface area contributed by atoms with E-state index in [9.17, 15) is 40.5 Å². The largest absolute Gasteiger partial charge is 0.393 e. The van der Waals surface area contributed by atoms with E-state index in [0.717, 1.165) is 0 Å². The molecule has 0 aromatic rings. The van der Waals surface area contributed by atoms with E-state index < -0.39 is 70.3 Å². The molecule has 200 valence electrons. The van der Waals surface area contributed by atoms with Crippen LogP contribution in [0.5, 0.6) is 0 Å². The molecule has 4 rings (SSSR count). The van der Waals surface area contributed by atoms with Crippen molar-refractivity contribution < 1.29 is 40.5 Å². The summed E-state index contributed by atoms with van der Waals surface area (Å²) in [4.78, 5) is 13.3. The van der Waals surface area contributed by atoms with Gasteiger partial charge in [0.15, 0.2) is 5.78 Å². The van der Waals surface area contributed by atoms with E-state index in [1.165, 1.54) is 13.0 Å². The number of fused-ring (bicyclic) bond motifs is 5. The highest BCUT2D eigenvalue weighted by Crippen LogP contribution is 2.68. The van der Waals surface area contributed by atoms with Crippen molar-refractivity contribution in [3.63, 3.8) is 0 Å². The molecule has 0 saturated heterocycles. The van der Waals surface area contributed by atoms with Crippen molar-refractivity contribution in [1.29, 1.82) is 0 Å². The number of aliphatic hydroxyl groups excluding tert-OH is 5. The highest BCUT2D eigenvalue weighted by atomic mass is 16.3. The third kappa shape index (κ3) is 3.78. The predicted octanol–water partition coefficient (Wildman–Crippen LogP) is 0.681. The Morgan fingerprint density at radius 2 is 1.71 bits per heavy atom. The van der Waals surface area contributed by atoms with Gasteiger partial charge in [0.1, 0.15) is 0 Å². The second kappa shape index (κ2) is 8.58. The zero-order valence-corrected chi connectivity index (χ0v) is 21.6. The molecule has 0 heterocycles. The first-order valence-corrected chi connectivity index (χ1v) is 13.1. The number of aliphatic hydroxyl groups is 7. The van der Waals surface area contributed by atoms with Crippen molar-refractivity contribution in [2.45, 2.75) is 115 Å². The first-order chi connectivity index (χ1) is 16.0. The summed E-state index contributed by atoms with van der Waals surface area (Å²) in [5.74, 6) is -2.03. The summed E-state index contributed by atoms with van der Waals surface area (Å²) in [7, 11) is 0. The molecule has 7 N–H and O–H groups in total. The van der Waals surface area contributed by atoms with Gasteiger partial charge in [-0.1, -0.05) is 27.7 Å². The molecule has 0 aromatic carbocycles. The number of hydrogen-bond acceptors (Lipinski definition) is 8. The maximum absolute atomic E-state index is 13.3. The minimum Gasteiger partial charge on any atom is -0.393 e. The molecule has 0 spiro atoms. The lowest BCUT2D eigenvalue weighted by Gasteiger charge is -2.62. The van der Waals surface area contributed by atoms with Gasteiger partial charge in [-0.05, 0) is 67.9 Å². The molecule has 35 heavy (non-hydrogen) atoms. The average Bonchev–Trinajstić information content (AvgIpc) is 3.01. The minimum absolute atomic E-state index is 0.0119. The van der Waals surface area contributed by atoms with Crippen LogP contribution in [0.25, 0.3) is 0 Å². The van der Waals surface area contributed by atoms with E-state index in [4.69, 9.17) is 0 Å². The van der Waals surface area contributed by atoms with Gasteiger partial charge in [0.05, 0.1) is 41.7 Å². The summed E-state index contributed by atoms with van der Waals surface area (Å²) in [6.45, 7) is 8.87. The van der Waals surface area contributed by atoms with E-state index >= 15 is 0 Å². The lowest BCUT2D eigenvalue weighted by molar-refractivity contribution is -0.198. The second-order valence-corrected chi connectivity index (χ2v) is 13.0. The molecule has 8 heteroatoms. The molecule has 0 radical (unpaired) electrons. The van der Waals surface area contributed by atoms with E-state index in [0.29, 0.717) is 12.0 Å². The summed E-state index contributed by atoms with van der Waals surface area (Å²) in [5.41, 5.74) is -4.53. The van der Waals surface area contributed by atoms with Crippen LogP contribution in [0.2, 0.25) is 0 Å². The number of ketones is 1. The van der Waals surface area contributed by atoms with Crippen LogP contribution in [0.1, 0.15) is 73.1 Å². The normalized spacial score (nSPS) is 48.9. The number of carbonyl (C=O) groups excluding carboxylic acids is 1. The van der Waals surface area contributed by atoms with Crippen LogP contribution in [0.15, 0.2) is 11.6 Å². The predicted molar refractivity (Wildman–Crippen MR) is 128 cm³/mol. The lowest BCUT2D eigenvalue weighted by atomic mass is 9.44. The summed E-state index contributed by atoms with van der Waals surface area (Å²) in [5, 5.41) is 77.3. The summed E-state index contributed by atoms with van der Waals surface area (Å²) < 4.78 is 0. The Labute approximate surface area is 207 Å². The number of carbonyl (C=O) groups is 1. The van der Waals surface area contributed by atoms with Crippen LogP contribution >= 0.6 is 0 Å². The van der Waals surface area contributed by atoms with Crippen LogP contribution in [-0.4, -0.2) is 83.3 Å². The van der Waals surface area contributed by atoms with E-state index in [-0.39, 0.29) is 43.8 Å². The fourth-order valence-corrected chi connectivity index (χ4v) is 8.40. The molecular formula is C27H44O8. The molecule has 3 fully saturated rings. The van der Waals surface area contributed by atoms with Gasteiger partial charge in [-0.2, -0.15) is 0 Å². The van der Waals surface area contributed by atoms with E-state index in [2.05, 4.69) is 0 Å². The lowest BCUT2D eigenvalue weighted by Crippen LogP contribution is -2.66. The van der Waals surface area contributed by atoms with Crippen molar-refractivity contribution in [1.82, 2.24) is 0 Å². The van der Waals surface area contributed by atoms with Gasteiger partial charge in [0.25, 0.3) is 0 Å². The van der Waals surface area contributed by atoms with Crippen molar-refractivity contribution in [3.05, 3.63) is 11.6 Å². The zero-order chi connectivity index (χ0) is 26.3. The molecule has 4 aliphatic rings. The highest BCUT2D eigenvalue weighted by Gasteiger charge is 2.71. The third-order valence-corrected chi connectivity index (χ3v) is 10.7. The summed E-state index contributed by atoms with van der Waals surface area (Å²) in [6, 6.07) is 0. The van der Waals surface area contributed by atoms with Crippen LogP contribution in [0, 0.1) is 34.5 Å². The number of allylic oxidation sites excluding steroid dienone is 1. The van der Waals surface area contributed by atoms with Gasteiger partial charge >= 0.3 is 0 Å². The fourth-order valence-electron chi connectivity index (χ4n) is 8.40. The Hall–Kier alpha value is -0.870. The molecule has 3 saturated carbocycles. The Morgan fingerprint density at radius 3 is 2.31 bits per heavy atom. The van der Waals surface area contributed by atoms with Crippen LogP contribution in [0.3, 0.4) is 0 Å². The van der Waals surface area contributed by atoms with Gasteiger partial charge in [0.2, 0.25) is 0 Å². The Balaban J connectivity index is 1.72. The fraction of sp³-hybridized carbons (Fsp3) is 0.889. The Morgan fingerprint density at radius 1 is 1.09 bits per heavy atom. The highest BCUT2D eigenvalue weighted by molar-refractivity contribution is 5.95. The molecule has 12 atom stereocenters. The molecule has 0 amide bonds. The van der Waals surface area contributed by atoms with Crippen molar-refractivity contribution in [2.24, 2.45) is 34.5 Å². The number of hydrogen-bond donors (Lipinski definition) is 7. The van der Waals surface area contributed by atoms with E-state index in [1.807, 2.05) is 27.7 Å². The van der Waals surface area contributed by atoms with Crippen molar-refractivity contribution in [3.8, 4) is 0 Å². The van der Waals surface area contributed by atoms with Gasteiger partial charge in [-0.3, -0.25) is 4.79 Å². The maximum atomic E-state index is 13.3. The molecular weight excluding hydrogens is 452 g/mol. The molecule has 0 bridgehead atoms. The van der Waals surface area contributed by atoms with Gasteiger partial charge < -0.3 is 35.7 Å². The minimum atomic E-state index is -1.64. The quantitative estimate of drug-likeness (QED) is 0.293. The first-order valence-electron chi connectivity index (χ1n) is 13.1. The van der Waals surface area contributed by atoms with Crippen LogP contribution < -0.4 is 0 Å². The Bertz CT molecular complexity index is 884. The first kappa shape index (κ1) is 27.2. The SMILES string of the molecule is CC(C)[C@@H](O)C[C@@H](O)[C@](C)(O)[C@H]1CC[C@@]2(O)C3=CC(=O)[C@@H]4C[C@@H](O)[C@@H](O)C[C@]4(C)[C@H]3[C@H](O)C[C@]12C. The average molecular weight is 497 g/mol. The smallest absolute Gasteiger partial charge is 0.159 e. The van der Waals surface area contributed by atoms with Crippen LogP contribution in [-0.2, 0) is 4.79 Å². The molecule has 8 nitrogen and oxygen atoms in total. The molecule has 0 unspecified atom stereocenters. The zero-order valence-electron chi connectivity index (χ0n) is 21.6. The maximum Gasteiger partial charge on any atom is 0.159 e. The summed E-state index contributed by atoms with van der Waals surface area (Å²) in [6.07, 6.45) is -2.52. The van der Waals surface area contributed by atoms with E-state index in [1.54, 1.807) is 0 Å². The standard InChI is InChI=1S/C27H44O8/c1-13(2)16(28)10-22(33)26(5,34)21-6-7-27(35)15-9-17(29)14-8-18(30)19(31)11-24(14,3)23(15)20(32)12-25(21,27)4/h9,13-14,16,18-23,28,30-35H,6-8,10-12H2,1-5H3/t14-,16-,18+,19-,20+,21-,22+,23+,24-,25+,26+,27+/m0/s1. The summed E-state index contributed by atoms with van der Waals surface area (Å²) >= 11 is 0. The van der Waals surface area contributed by atoms with Gasteiger partial charge in [-0.25, -0.2) is 0 Å². The second-order valence-electron chi connectivity index (χ2n) is 13.0. The molecule has 4 aliphatic carbocycles. The van der Waals surface area contributed by atoms with Gasteiger partial charge in [-0.15, -0.1) is 0 Å². The molecule has 0 aliphatic heterocycles. The number of rotatable bonds is 5. The van der Waals surface area contributed by atoms with Crippen LogP contribution in [0.4, 0.5) is 0 Å². The molecule has 0 aromatic heterocycles. The van der Waals surface area contributed by atoms with Crippen molar-refractivity contribution in [2.75, 3.05) is 0 Å².